The van der Waals surface area contributed by atoms with Gasteiger partial charge in [0, 0.05) is 63.6 Å². The van der Waals surface area contributed by atoms with Crippen LogP contribution >= 0.6 is 0 Å². The molecule has 43 heavy (non-hydrogen) atoms. The number of aromatic nitrogens is 4. The number of nitrogens with zero attached hydrogens (tertiary/aromatic N) is 6. The zero-order chi connectivity index (χ0) is 29.5. The Morgan fingerprint density at radius 2 is 1.79 bits per heavy atom. The first-order valence-electron chi connectivity index (χ1n) is 14.4. The van der Waals surface area contributed by atoms with E-state index in [0.29, 0.717) is 60.1 Å². The van der Waals surface area contributed by atoms with Crippen molar-refractivity contribution >= 4 is 28.6 Å². The van der Waals surface area contributed by atoms with Gasteiger partial charge in [0.2, 0.25) is 11.8 Å². The highest BCUT2D eigenvalue weighted by Gasteiger charge is 2.32. The smallest absolute Gasteiger partial charge is 0.272 e. The van der Waals surface area contributed by atoms with E-state index in [0.717, 1.165) is 24.6 Å². The third kappa shape index (κ3) is 5.40. The summed E-state index contributed by atoms with van der Waals surface area (Å²) >= 11 is 0. The van der Waals surface area contributed by atoms with Crippen LogP contribution in [0.2, 0.25) is 0 Å². The molecule has 0 radical (unpaired) electrons. The minimum atomic E-state index is -0.158. The topological polar surface area (TPSA) is 123 Å². The van der Waals surface area contributed by atoms with Crippen LogP contribution in [0.3, 0.4) is 0 Å². The van der Waals surface area contributed by atoms with E-state index >= 15 is 0 Å². The average molecular weight is 577 g/mol. The maximum absolute atomic E-state index is 13.6. The molecule has 2 aliphatic heterocycles. The first-order chi connectivity index (χ1) is 20.9. The standard InChI is InChI=1S/C32H32N8O3/c1-20(41)34-23-8-9-28-24(17-23)37-31(43-28)22-10-11-33-25(16-22)32(42)40-14-12-39(13-15-40)29(21-6-4-3-5-7-21)30-35-26-18-38(2)19-27(26)36-30/h3-11,16-17,29H,12-15,18-19H2,1-2H3,(H,34,41)(H,35,36). The van der Waals surface area contributed by atoms with Gasteiger partial charge in [0.1, 0.15) is 17.0 Å². The zero-order valence-corrected chi connectivity index (χ0v) is 24.1. The molecular formula is C32H32N8O3. The van der Waals surface area contributed by atoms with Crippen molar-refractivity contribution in [3.05, 3.63) is 95.3 Å². The van der Waals surface area contributed by atoms with Gasteiger partial charge in [-0.2, -0.15) is 0 Å². The summed E-state index contributed by atoms with van der Waals surface area (Å²) in [5.41, 5.74) is 6.34. The molecule has 218 valence electrons. The molecule has 2 amide bonds. The summed E-state index contributed by atoms with van der Waals surface area (Å²) in [4.78, 5) is 49.1. The molecule has 11 heteroatoms. The van der Waals surface area contributed by atoms with E-state index in [1.807, 2.05) is 11.0 Å². The highest BCUT2D eigenvalue weighted by atomic mass is 16.3. The van der Waals surface area contributed by atoms with Gasteiger partial charge in [0.25, 0.3) is 5.91 Å². The van der Waals surface area contributed by atoms with Gasteiger partial charge in [0.15, 0.2) is 5.58 Å². The van der Waals surface area contributed by atoms with Crippen LogP contribution in [-0.2, 0) is 17.9 Å². The number of nitrogens with one attached hydrogen (secondary N) is 2. The first kappa shape index (κ1) is 27.0. The molecule has 0 spiro atoms. The third-order valence-corrected chi connectivity index (χ3v) is 8.01. The van der Waals surface area contributed by atoms with Crippen LogP contribution in [0.5, 0.6) is 0 Å². The maximum Gasteiger partial charge on any atom is 0.272 e. The summed E-state index contributed by atoms with van der Waals surface area (Å²) in [5, 5.41) is 2.75. The fraction of sp³-hybridized carbons (Fsp3) is 0.281. The molecule has 2 aromatic carbocycles. The highest BCUT2D eigenvalue weighted by molar-refractivity contribution is 5.94. The molecule has 5 aromatic rings. The van der Waals surface area contributed by atoms with E-state index < -0.39 is 0 Å². The molecule has 2 N–H and O–H groups in total. The molecule has 11 nitrogen and oxygen atoms in total. The fourth-order valence-electron chi connectivity index (χ4n) is 5.97. The van der Waals surface area contributed by atoms with Gasteiger partial charge in [-0.05, 0) is 42.9 Å². The predicted molar refractivity (Wildman–Crippen MR) is 161 cm³/mol. The Balaban J connectivity index is 1.07. The number of rotatable bonds is 6. The Hall–Kier alpha value is -4.87. The lowest BCUT2D eigenvalue weighted by Crippen LogP contribution is -2.50. The summed E-state index contributed by atoms with van der Waals surface area (Å²) in [6, 6.07) is 19.2. The molecule has 0 aliphatic carbocycles. The van der Waals surface area contributed by atoms with E-state index in [9.17, 15) is 9.59 Å². The number of imidazole rings is 1. The van der Waals surface area contributed by atoms with Crippen molar-refractivity contribution in [2.24, 2.45) is 0 Å². The number of hydrogen-bond donors (Lipinski definition) is 2. The second-order valence-corrected chi connectivity index (χ2v) is 11.2. The predicted octanol–water partition coefficient (Wildman–Crippen LogP) is 4.06. The van der Waals surface area contributed by atoms with Gasteiger partial charge in [-0.15, -0.1) is 0 Å². The van der Waals surface area contributed by atoms with Crippen molar-refractivity contribution < 1.29 is 14.0 Å². The van der Waals surface area contributed by atoms with E-state index in [2.05, 4.69) is 61.4 Å². The fourth-order valence-corrected chi connectivity index (χ4v) is 5.97. The number of anilines is 1. The minimum Gasteiger partial charge on any atom is -0.436 e. The molecule has 1 saturated heterocycles. The number of benzene rings is 2. The Kier molecular flexibility index (Phi) is 6.96. The Morgan fingerprint density at radius 1 is 0.977 bits per heavy atom. The molecule has 1 atom stereocenters. The second-order valence-electron chi connectivity index (χ2n) is 11.2. The van der Waals surface area contributed by atoms with Crippen LogP contribution in [0.15, 0.2) is 71.3 Å². The first-order valence-corrected chi connectivity index (χ1v) is 14.4. The van der Waals surface area contributed by atoms with Gasteiger partial charge in [0.05, 0.1) is 17.4 Å². The lowest BCUT2D eigenvalue weighted by molar-refractivity contribution is -0.114. The van der Waals surface area contributed by atoms with Crippen molar-refractivity contribution in [3.8, 4) is 11.5 Å². The molecule has 0 saturated carbocycles. The number of amides is 2. The van der Waals surface area contributed by atoms with Crippen LogP contribution < -0.4 is 5.32 Å². The monoisotopic (exact) mass is 576 g/mol. The van der Waals surface area contributed by atoms with Gasteiger partial charge in [-0.3, -0.25) is 24.4 Å². The van der Waals surface area contributed by atoms with Gasteiger partial charge < -0.3 is 19.6 Å². The second kappa shape index (κ2) is 11.1. The number of hydrogen-bond acceptors (Lipinski definition) is 8. The van der Waals surface area contributed by atoms with E-state index in [1.54, 1.807) is 36.5 Å². The van der Waals surface area contributed by atoms with Gasteiger partial charge in [-0.25, -0.2) is 9.97 Å². The van der Waals surface area contributed by atoms with Crippen molar-refractivity contribution in [1.29, 1.82) is 0 Å². The van der Waals surface area contributed by atoms with E-state index in [4.69, 9.17) is 9.40 Å². The Labute approximate surface area is 248 Å². The number of carbonyl (C=O) groups excluding carboxylic acids is 2. The van der Waals surface area contributed by atoms with Crippen LogP contribution in [-0.4, -0.2) is 79.7 Å². The Bertz CT molecular complexity index is 1780. The van der Waals surface area contributed by atoms with Crippen LogP contribution in [0.4, 0.5) is 5.69 Å². The van der Waals surface area contributed by atoms with Gasteiger partial charge in [-0.1, -0.05) is 30.3 Å². The number of H-pyrrole nitrogens is 1. The third-order valence-electron chi connectivity index (χ3n) is 8.01. The molecular weight excluding hydrogens is 544 g/mol. The molecule has 5 heterocycles. The average Bonchev–Trinajstić information content (AvgIpc) is 3.70. The number of fused-ring (bicyclic) bond motifs is 2. The van der Waals surface area contributed by atoms with Crippen molar-refractivity contribution in [2.45, 2.75) is 26.1 Å². The normalized spacial score (nSPS) is 16.4. The van der Waals surface area contributed by atoms with Crippen LogP contribution in [0.25, 0.3) is 22.6 Å². The molecule has 1 fully saturated rings. The molecule has 2 aliphatic rings. The Morgan fingerprint density at radius 3 is 2.56 bits per heavy atom. The highest BCUT2D eigenvalue weighted by Crippen LogP contribution is 2.31. The lowest BCUT2D eigenvalue weighted by Gasteiger charge is -2.38. The van der Waals surface area contributed by atoms with Crippen LogP contribution in [0, 0.1) is 0 Å². The number of pyridine rings is 1. The van der Waals surface area contributed by atoms with E-state index in [1.165, 1.54) is 18.2 Å². The number of carbonyl (C=O) groups is 2. The zero-order valence-electron chi connectivity index (χ0n) is 24.1. The molecule has 7 rings (SSSR count). The molecule has 1 unspecified atom stereocenters. The number of oxazole rings is 1. The largest absolute Gasteiger partial charge is 0.436 e. The van der Waals surface area contributed by atoms with E-state index in [-0.39, 0.29) is 17.9 Å². The maximum atomic E-state index is 13.6. The number of piperazine rings is 1. The SMILES string of the molecule is CC(=O)Nc1ccc2oc(-c3ccnc(C(=O)N4CCN(C(c5ccccc5)c5nc6c([nH]5)CN(C)C6)CC4)c3)nc2c1. The molecule has 3 aromatic heterocycles. The van der Waals surface area contributed by atoms with Gasteiger partial charge >= 0.3 is 0 Å². The minimum absolute atomic E-state index is 0.0128. The summed E-state index contributed by atoms with van der Waals surface area (Å²) < 4.78 is 5.95. The molecule has 0 bridgehead atoms. The van der Waals surface area contributed by atoms with Crippen molar-refractivity contribution in [1.82, 2.24) is 34.6 Å². The summed E-state index contributed by atoms with van der Waals surface area (Å²) in [7, 11) is 2.10. The summed E-state index contributed by atoms with van der Waals surface area (Å²) in [5.74, 6) is 1.07. The van der Waals surface area contributed by atoms with Crippen molar-refractivity contribution in [2.75, 3.05) is 38.5 Å². The number of aromatic amines is 1. The van der Waals surface area contributed by atoms with Crippen molar-refractivity contribution in [3.63, 3.8) is 0 Å². The summed E-state index contributed by atoms with van der Waals surface area (Å²) in [6.07, 6.45) is 1.61. The summed E-state index contributed by atoms with van der Waals surface area (Å²) in [6.45, 7) is 5.75. The van der Waals surface area contributed by atoms with Crippen LogP contribution in [0.1, 0.15) is 46.2 Å². The lowest BCUT2D eigenvalue weighted by atomic mass is 10.0. The quantitative estimate of drug-likeness (QED) is 0.310.